The van der Waals surface area contributed by atoms with Crippen molar-refractivity contribution in [1.82, 2.24) is 5.32 Å². The van der Waals surface area contributed by atoms with Gasteiger partial charge in [-0.2, -0.15) is 0 Å². The fourth-order valence-electron chi connectivity index (χ4n) is 3.72. The molecule has 3 aliphatic carbocycles. The molecule has 5 heteroatoms. The fraction of sp³-hybridized carbons (Fsp3) is 0.875. The molecular formula is C16H27NO4. The normalized spacial score (nSPS) is 32.3. The first-order chi connectivity index (χ1) is 9.67. The third kappa shape index (κ3) is 3.69. The molecule has 21 heavy (non-hydrogen) atoms. The van der Waals surface area contributed by atoms with Crippen LogP contribution in [0.4, 0.5) is 4.79 Å². The number of carbonyl (C=O) groups is 2. The van der Waals surface area contributed by atoms with Crippen molar-refractivity contribution in [1.29, 1.82) is 0 Å². The molecule has 3 aliphatic rings. The highest BCUT2D eigenvalue weighted by atomic mass is 16.6. The Labute approximate surface area is 126 Å². The predicted octanol–water partition coefficient (Wildman–Crippen LogP) is 3.33. The third-order valence-electron chi connectivity index (χ3n) is 5.09. The summed E-state index contributed by atoms with van der Waals surface area (Å²) in [5.41, 5.74) is -0.936. The SMILES string of the molecule is CC(C)(C)OC(=O)NCC12CCCC(C(=O)O)(CC1)CC2. The van der Waals surface area contributed by atoms with Gasteiger partial charge >= 0.3 is 12.1 Å². The first kappa shape index (κ1) is 16.1. The van der Waals surface area contributed by atoms with Crippen LogP contribution in [0.2, 0.25) is 0 Å². The number of rotatable bonds is 3. The zero-order chi connectivity index (χ0) is 15.7. The van der Waals surface area contributed by atoms with Crippen LogP contribution in [0, 0.1) is 10.8 Å². The van der Waals surface area contributed by atoms with Gasteiger partial charge in [-0.25, -0.2) is 4.79 Å². The van der Waals surface area contributed by atoms with Gasteiger partial charge in [-0.05, 0) is 64.7 Å². The Morgan fingerprint density at radius 3 is 2.24 bits per heavy atom. The van der Waals surface area contributed by atoms with Crippen LogP contribution in [0.25, 0.3) is 0 Å². The maximum atomic E-state index is 11.8. The fourth-order valence-corrected chi connectivity index (χ4v) is 3.72. The van der Waals surface area contributed by atoms with Gasteiger partial charge in [-0.1, -0.05) is 6.42 Å². The van der Waals surface area contributed by atoms with Crippen molar-refractivity contribution in [3.63, 3.8) is 0 Å². The monoisotopic (exact) mass is 297 g/mol. The van der Waals surface area contributed by atoms with Crippen LogP contribution in [0.1, 0.15) is 65.7 Å². The van der Waals surface area contributed by atoms with Crippen LogP contribution in [0.15, 0.2) is 0 Å². The summed E-state index contributed by atoms with van der Waals surface area (Å²) < 4.78 is 5.28. The molecule has 3 fully saturated rings. The lowest BCUT2D eigenvalue weighted by Crippen LogP contribution is -2.43. The van der Waals surface area contributed by atoms with E-state index in [0.717, 1.165) is 44.9 Å². The number of aliphatic carboxylic acids is 1. The summed E-state index contributed by atoms with van der Waals surface area (Å²) in [6.45, 7) is 6.13. The molecular weight excluding hydrogens is 270 g/mol. The number of carboxylic acid groups (broad SMARTS) is 1. The maximum Gasteiger partial charge on any atom is 0.407 e. The molecule has 2 bridgehead atoms. The Bertz CT molecular complexity index is 416. The van der Waals surface area contributed by atoms with Crippen LogP contribution < -0.4 is 5.32 Å². The van der Waals surface area contributed by atoms with E-state index in [0.29, 0.717) is 6.54 Å². The molecule has 0 unspecified atom stereocenters. The molecule has 0 atom stereocenters. The summed E-state index contributed by atoms with van der Waals surface area (Å²) >= 11 is 0. The average Bonchev–Trinajstić information content (AvgIpc) is 2.66. The standard InChI is InChI=1S/C16H27NO4/c1-14(2,3)21-13(20)17-11-15-5-4-6-16(9-7-15,10-8-15)12(18)19/h4-11H2,1-3H3,(H,17,20)(H,18,19). The summed E-state index contributed by atoms with van der Waals surface area (Å²) in [5.74, 6) is -0.641. The first-order valence-electron chi connectivity index (χ1n) is 7.87. The van der Waals surface area contributed by atoms with E-state index in [1.807, 2.05) is 20.8 Å². The minimum atomic E-state index is -0.641. The number of nitrogens with one attached hydrogen (secondary N) is 1. The molecule has 5 nitrogen and oxygen atoms in total. The Morgan fingerprint density at radius 1 is 1.10 bits per heavy atom. The molecule has 0 spiro atoms. The number of hydrogen-bond acceptors (Lipinski definition) is 3. The van der Waals surface area contributed by atoms with Gasteiger partial charge in [-0.15, -0.1) is 0 Å². The van der Waals surface area contributed by atoms with E-state index < -0.39 is 17.0 Å². The van der Waals surface area contributed by atoms with Gasteiger partial charge in [0.05, 0.1) is 5.41 Å². The smallest absolute Gasteiger partial charge is 0.407 e. The zero-order valence-corrected chi connectivity index (χ0v) is 13.3. The lowest BCUT2D eigenvalue weighted by Gasteiger charge is -2.40. The summed E-state index contributed by atoms with van der Waals surface area (Å²) in [7, 11) is 0. The van der Waals surface area contributed by atoms with Gasteiger partial charge in [0, 0.05) is 6.54 Å². The Hall–Kier alpha value is -1.26. The van der Waals surface area contributed by atoms with Gasteiger partial charge < -0.3 is 15.2 Å². The minimum Gasteiger partial charge on any atom is -0.481 e. The Kier molecular flexibility index (Phi) is 4.22. The number of alkyl carbamates (subject to hydrolysis) is 1. The van der Waals surface area contributed by atoms with Gasteiger partial charge in [0.1, 0.15) is 5.60 Å². The van der Waals surface area contributed by atoms with Crippen molar-refractivity contribution < 1.29 is 19.4 Å². The van der Waals surface area contributed by atoms with Crippen LogP contribution in [0.3, 0.4) is 0 Å². The van der Waals surface area contributed by atoms with Gasteiger partial charge in [-0.3, -0.25) is 4.79 Å². The molecule has 120 valence electrons. The van der Waals surface area contributed by atoms with E-state index in [9.17, 15) is 14.7 Å². The Balaban J connectivity index is 1.93. The van der Waals surface area contributed by atoms with Crippen LogP contribution in [-0.4, -0.2) is 29.3 Å². The second kappa shape index (κ2) is 5.50. The molecule has 0 saturated heterocycles. The van der Waals surface area contributed by atoms with Gasteiger partial charge in [0.15, 0.2) is 0 Å². The molecule has 0 heterocycles. The predicted molar refractivity (Wildman–Crippen MR) is 79.1 cm³/mol. The second-order valence-corrected chi connectivity index (χ2v) is 7.79. The van der Waals surface area contributed by atoms with E-state index in [1.165, 1.54) is 0 Å². The van der Waals surface area contributed by atoms with Gasteiger partial charge in [0.25, 0.3) is 0 Å². The van der Waals surface area contributed by atoms with Crippen molar-refractivity contribution >= 4 is 12.1 Å². The number of carboxylic acids is 1. The molecule has 0 aromatic rings. The van der Waals surface area contributed by atoms with Crippen LogP contribution in [0.5, 0.6) is 0 Å². The molecule has 0 radical (unpaired) electrons. The van der Waals surface area contributed by atoms with Crippen LogP contribution >= 0.6 is 0 Å². The number of hydrogen-bond donors (Lipinski definition) is 2. The largest absolute Gasteiger partial charge is 0.481 e. The van der Waals surface area contributed by atoms with E-state index in [1.54, 1.807) is 0 Å². The molecule has 3 rings (SSSR count). The second-order valence-electron chi connectivity index (χ2n) is 7.79. The average molecular weight is 297 g/mol. The molecule has 0 aliphatic heterocycles. The van der Waals surface area contributed by atoms with Crippen molar-refractivity contribution in [3.8, 4) is 0 Å². The Morgan fingerprint density at radius 2 is 1.71 bits per heavy atom. The van der Waals surface area contributed by atoms with Crippen molar-refractivity contribution in [2.75, 3.05) is 6.54 Å². The van der Waals surface area contributed by atoms with E-state index in [4.69, 9.17) is 4.74 Å². The first-order valence-corrected chi connectivity index (χ1v) is 7.87. The van der Waals surface area contributed by atoms with Crippen LogP contribution in [-0.2, 0) is 9.53 Å². The number of ether oxygens (including phenoxy) is 1. The molecule has 3 saturated carbocycles. The summed E-state index contributed by atoms with van der Waals surface area (Å²) in [6, 6.07) is 0. The zero-order valence-electron chi connectivity index (χ0n) is 13.3. The topological polar surface area (TPSA) is 75.6 Å². The van der Waals surface area contributed by atoms with E-state index >= 15 is 0 Å². The highest BCUT2D eigenvalue weighted by molar-refractivity contribution is 5.75. The molecule has 0 aromatic carbocycles. The highest BCUT2D eigenvalue weighted by Gasteiger charge is 2.49. The summed E-state index contributed by atoms with van der Waals surface area (Å²) in [5, 5.41) is 12.4. The van der Waals surface area contributed by atoms with E-state index in [-0.39, 0.29) is 11.5 Å². The minimum absolute atomic E-state index is 0.0619. The summed E-state index contributed by atoms with van der Waals surface area (Å²) in [6.07, 6.45) is 5.56. The van der Waals surface area contributed by atoms with Crippen molar-refractivity contribution in [3.05, 3.63) is 0 Å². The summed E-state index contributed by atoms with van der Waals surface area (Å²) in [4.78, 5) is 23.3. The lowest BCUT2D eigenvalue weighted by molar-refractivity contribution is -0.152. The number of fused-ring (bicyclic) bond motifs is 4. The molecule has 0 aromatic heterocycles. The third-order valence-corrected chi connectivity index (χ3v) is 5.09. The van der Waals surface area contributed by atoms with Crippen molar-refractivity contribution in [2.24, 2.45) is 10.8 Å². The maximum absolute atomic E-state index is 11.8. The van der Waals surface area contributed by atoms with Gasteiger partial charge in [0.2, 0.25) is 0 Å². The van der Waals surface area contributed by atoms with Crippen molar-refractivity contribution in [2.45, 2.75) is 71.3 Å². The lowest BCUT2D eigenvalue weighted by atomic mass is 9.65. The molecule has 2 N–H and O–H groups in total. The number of carbonyl (C=O) groups excluding carboxylic acids is 1. The van der Waals surface area contributed by atoms with E-state index in [2.05, 4.69) is 5.32 Å². The molecule has 1 amide bonds. The number of amides is 1. The quantitative estimate of drug-likeness (QED) is 0.838. The highest BCUT2D eigenvalue weighted by Crippen LogP contribution is 2.54.